The van der Waals surface area contributed by atoms with Crippen LogP contribution in [0.25, 0.3) is 10.9 Å². The summed E-state index contributed by atoms with van der Waals surface area (Å²) in [5.41, 5.74) is 2.14. The van der Waals surface area contributed by atoms with Gasteiger partial charge in [0.15, 0.2) is 0 Å². The van der Waals surface area contributed by atoms with E-state index in [9.17, 15) is 13.0 Å². The number of fused-ring (bicyclic) bond motifs is 1. The van der Waals surface area contributed by atoms with Gasteiger partial charge in [-0.25, -0.2) is 0 Å². The molecule has 0 amide bonds. The monoisotopic (exact) mass is 330 g/mol. The largest absolute Gasteiger partial charge is 0.361 e. The summed E-state index contributed by atoms with van der Waals surface area (Å²) in [7, 11) is 0.860. The van der Waals surface area contributed by atoms with Gasteiger partial charge >= 0.3 is 6.61 Å². The fraction of sp³-hybridized carbons (Fsp3) is 0.467. The molecular formula is C15H20F2N2O2S. The van der Waals surface area contributed by atoms with Crippen molar-refractivity contribution in [3.8, 4) is 0 Å². The van der Waals surface area contributed by atoms with Crippen LogP contribution in [0.3, 0.4) is 0 Å². The Morgan fingerprint density at radius 1 is 1.36 bits per heavy atom. The number of ether oxygens (including phenoxy) is 1. The summed E-state index contributed by atoms with van der Waals surface area (Å²) in [5, 5.41) is 1.06. The lowest BCUT2D eigenvalue weighted by atomic mass is 10.1. The summed E-state index contributed by atoms with van der Waals surface area (Å²) >= 11 is 0. The second kappa shape index (κ2) is 7.80. The minimum atomic E-state index is -2.71. The maximum absolute atomic E-state index is 11.9. The van der Waals surface area contributed by atoms with Crippen molar-refractivity contribution in [1.82, 2.24) is 9.88 Å². The minimum absolute atomic E-state index is 0.0149. The van der Waals surface area contributed by atoms with Crippen LogP contribution in [0.15, 0.2) is 29.3 Å². The number of aromatic nitrogens is 1. The van der Waals surface area contributed by atoms with Crippen LogP contribution in [0, 0.1) is 0 Å². The second-order valence-electron chi connectivity index (χ2n) is 5.16. The fourth-order valence-corrected chi connectivity index (χ4v) is 2.81. The van der Waals surface area contributed by atoms with Crippen LogP contribution < -0.4 is 0 Å². The van der Waals surface area contributed by atoms with E-state index in [0.29, 0.717) is 6.54 Å². The van der Waals surface area contributed by atoms with Crippen molar-refractivity contribution in [1.29, 1.82) is 0 Å². The molecule has 0 radical (unpaired) electrons. The standard InChI is InChI=1S/C15H20F2N2O2S/c1-19(7-8-21-15(16)17)6-5-11-10-18-14-4-3-12(22(2)20)9-13(11)14/h3-4,9-10,15,18H,5-8H2,1-2H3. The van der Waals surface area contributed by atoms with Gasteiger partial charge in [-0.3, -0.25) is 4.21 Å². The SMILES string of the molecule is CN(CCOC(F)F)CCc1c[nH]c2ccc(S(C)=O)cc12. The third-order valence-corrected chi connectivity index (χ3v) is 4.47. The molecule has 0 aliphatic carbocycles. The third-order valence-electron chi connectivity index (χ3n) is 3.55. The fourth-order valence-electron chi connectivity index (χ4n) is 2.26. The molecule has 0 saturated carbocycles. The molecule has 0 aliphatic rings. The van der Waals surface area contributed by atoms with Crippen molar-refractivity contribution >= 4 is 21.7 Å². The van der Waals surface area contributed by atoms with Gasteiger partial charge < -0.3 is 14.6 Å². The van der Waals surface area contributed by atoms with Gasteiger partial charge in [0.1, 0.15) is 0 Å². The van der Waals surface area contributed by atoms with Crippen molar-refractivity contribution in [2.24, 2.45) is 0 Å². The molecule has 122 valence electrons. The average molecular weight is 330 g/mol. The van der Waals surface area contributed by atoms with E-state index in [1.54, 1.807) is 6.26 Å². The first-order valence-corrected chi connectivity index (χ1v) is 8.55. The van der Waals surface area contributed by atoms with Crippen LogP contribution in [-0.4, -0.2) is 53.7 Å². The van der Waals surface area contributed by atoms with E-state index in [0.717, 1.165) is 34.3 Å². The smallest absolute Gasteiger partial charge is 0.345 e. The Bertz CT molecular complexity index is 646. The summed E-state index contributed by atoms with van der Waals surface area (Å²) in [4.78, 5) is 5.94. The molecule has 0 fully saturated rings. The normalized spacial score (nSPS) is 13.4. The van der Waals surface area contributed by atoms with E-state index in [1.165, 1.54) is 0 Å². The van der Waals surface area contributed by atoms with E-state index >= 15 is 0 Å². The Kier molecular flexibility index (Phi) is 6.05. The van der Waals surface area contributed by atoms with Crippen LogP contribution in [0.5, 0.6) is 0 Å². The van der Waals surface area contributed by atoms with E-state index in [1.807, 2.05) is 36.3 Å². The molecule has 1 unspecified atom stereocenters. The number of hydrogen-bond acceptors (Lipinski definition) is 3. The first kappa shape index (κ1) is 17.1. The van der Waals surface area contributed by atoms with E-state index in [4.69, 9.17) is 0 Å². The van der Waals surface area contributed by atoms with Crippen molar-refractivity contribution < 1.29 is 17.7 Å². The molecule has 0 spiro atoms. The summed E-state index contributed by atoms with van der Waals surface area (Å²) in [6, 6.07) is 5.72. The topological polar surface area (TPSA) is 45.3 Å². The molecular weight excluding hydrogens is 310 g/mol. The van der Waals surface area contributed by atoms with Crippen molar-refractivity contribution in [3.63, 3.8) is 0 Å². The predicted octanol–water partition coefficient (Wildman–Crippen LogP) is 2.62. The van der Waals surface area contributed by atoms with Crippen LogP contribution in [0.4, 0.5) is 8.78 Å². The molecule has 2 rings (SSSR count). The van der Waals surface area contributed by atoms with Crippen LogP contribution >= 0.6 is 0 Å². The highest BCUT2D eigenvalue weighted by Crippen LogP contribution is 2.21. The van der Waals surface area contributed by atoms with Gasteiger partial charge in [0.2, 0.25) is 0 Å². The van der Waals surface area contributed by atoms with Gasteiger partial charge in [-0.15, -0.1) is 0 Å². The number of rotatable bonds is 8. The van der Waals surface area contributed by atoms with E-state index < -0.39 is 17.4 Å². The molecule has 0 aliphatic heterocycles. The maximum atomic E-state index is 11.9. The number of H-pyrrole nitrogens is 1. The van der Waals surface area contributed by atoms with Gasteiger partial charge in [0.05, 0.1) is 6.61 Å². The first-order chi connectivity index (χ1) is 10.5. The average Bonchev–Trinajstić information content (AvgIpc) is 2.86. The zero-order valence-electron chi connectivity index (χ0n) is 12.6. The molecule has 2 aromatic rings. The molecule has 1 heterocycles. The number of aromatic amines is 1. The molecule has 7 heteroatoms. The highest BCUT2D eigenvalue weighted by Gasteiger charge is 2.08. The van der Waals surface area contributed by atoms with E-state index in [-0.39, 0.29) is 6.61 Å². The quantitative estimate of drug-likeness (QED) is 0.809. The summed E-state index contributed by atoms with van der Waals surface area (Å²) in [6.45, 7) is -1.51. The van der Waals surface area contributed by atoms with Gasteiger partial charge in [0.25, 0.3) is 0 Å². The molecule has 1 aromatic carbocycles. The molecule has 1 atom stereocenters. The van der Waals surface area contributed by atoms with Crippen molar-refractivity contribution in [3.05, 3.63) is 30.0 Å². The van der Waals surface area contributed by atoms with Gasteiger partial charge in [-0.2, -0.15) is 8.78 Å². The number of alkyl halides is 2. The number of halogens is 2. The summed E-state index contributed by atoms with van der Waals surface area (Å²) < 4.78 is 39.6. The number of benzene rings is 1. The molecule has 4 nitrogen and oxygen atoms in total. The van der Waals surface area contributed by atoms with Crippen molar-refractivity contribution in [2.75, 3.05) is 33.0 Å². The Labute approximate surface area is 130 Å². The van der Waals surface area contributed by atoms with Gasteiger partial charge in [-0.1, -0.05) is 0 Å². The summed E-state index contributed by atoms with van der Waals surface area (Å²) in [6.07, 6.45) is 4.38. The Morgan fingerprint density at radius 3 is 2.82 bits per heavy atom. The number of nitrogens with one attached hydrogen (secondary N) is 1. The lowest BCUT2D eigenvalue weighted by Gasteiger charge is -2.16. The van der Waals surface area contributed by atoms with E-state index in [2.05, 4.69) is 9.72 Å². The zero-order valence-corrected chi connectivity index (χ0v) is 13.5. The first-order valence-electron chi connectivity index (χ1n) is 6.99. The highest BCUT2D eigenvalue weighted by molar-refractivity contribution is 7.84. The van der Waals surface area contributed by atoms with Gasteiger partial charge in [0, 0.05) is 52.1 Å². The van der Waals surface area contributed by atoms with Crippen LogP contribution in [0.1, 0.15) is 5.56 Å². The van der Waals surface area contributed by atoms with Crippen molar-refractivity contribution in [2.45, 2.75) is 17.9 Å². The molecule has 1 N–H and O–H groups in total. The predicted molar refractivity (Wildman–Crippen MR) is 83.8 cm³/mol. The zero-order chi connectivity index (χ0) is 16.1. The summed E-state index contributed by atoms with van der Waals surface area (Å²) in [5.74, 6) is 0. The Balaban J connectivity index is 1.96. The minimum Gasteiger partial charge on any atom is -0.361 e. The Morgan fingerprint density at radius 2 is 2.14 bits per heavy atom. The molecule has 0 saturated heterocycles. The maximum Gasteiger partial charge on any atom is 0.345 e. The van der Waals surface area contributed by atoms with Crippen LogP contribution in [-0.2, 0) is 22.0 Å². The molecule has 0 bridgehead atoms. The number of likely N-dealkylation sites (N-methyl/N-ethyl adjacent to an activating group) is 1. The Hall–Kier alpha value is -1.31. The lowest BCUT2D eigenvalue weighted by Crippen LogP contribution is -2.26. The number of nitrogens with zero attached hydrogens (tertiary/aromatic N) is 1. The third kappa shape index (κ3) is 4.59. The van der Waals surface area contributed by atoms with Gasteiger partial charge in [-0.05, 0) is 37.2 Å². The highest BCUT2D eigenvalue weighted by atomic mass is 32.2. The van der Waals surface area contributed by atoms with Crippen LogP contribution in [0.2, 0.25) is 0 Å². The molecule has 1 aromatic heterocycles. The second-order valence-corrected chi connectivity index (χ2v) is 6.54. The lowest BCUT2D eigenvalue weighted by molar-refractivity contribution is -0.131. The number of hydrogen-bond donors (Lipinski definition) is 1. The molecule has 22 heavy (non-hydrogen) atoms.